The predicted octanol–water partition coefficient (Wildman–Crippen LogP) is 4.78. The fourth-order valence-corrected chi connectivity index (χ4v) is 3.72. The number of aromatic hydroxyl groups is 1. The summed E-state index contributed by atoms with van der Waals surface area (Å²) in [6.45, 7) is 2.40. The zero-order valence-corrected chi connectivity index (χ0v) is 14.9. The second-order valence-corrected chi connectivity index (χ2v) is 6.55. The lowest BCUT2D eigenvalue weighted by Crippen LogP contribution is -2.24. The van der Waals surface area contributed by atoms with Crippen molar-refractivity contribution in [2.45, 2.75) is 13.1 Å². The van der Waals surface area contributed by atoms with Crippen molar-refractivity contribution in [1.82, 2.24) is 9.55 Å². The summed E-state index contributed by atoms with van der Waals surface area (Å²) in [4.78, 5) is 4.89. The van der Waals surface area contributed by atoms with Gasteiger partial charge in [-0.3, -0.25) is 4.57 Å². The Labute approximate surface area is 156 Å². The van der Waals surface area contributed by atoms with E-state index in [-0.39, 0.29) is 11.9 Å². The highest BCUT2D eigenvalue weighted by molar-refractivity contribution is 5.86. The van der Waals surface area contributed by atoms with Crippen LogP contribution in [0.3, 0.4) is 0 Å². The molecule has 5 rings (SSSR count). The molecule has 27 heavy (non-hydrogen) atoms. The number of anilines is 1. The van der Waals surface area contributed by atoms with Gasteiger partial charge in [0.1, 0.15) is 12.0 Å². The molecular weight excluding hydrogens is 338 g/mol. The van der Waals surface area contributed by atoms with Gasteiger partial charge in [0.25, 0.3) is 0 Å². The number of phenolic OH excluding ortho intramolecular Hbond substituents is 1. The molecular formula is C22H19N3O2. The van der Waals surface area contributed by atoms with Gasteiger partial charge in [0.15, 0.2) is 11.5 Å². The zero-order valence-electron chi connectivity index (χ0n) is 14.9. The summed E-state index contributed by atoms with van der Waals surface area (Å²) in [5.74, 6) is 1.57. The normalized spacial score (nSPS) is 15.1. The number of ether oxygens (including phenoxy) is 1. The highest BCUT2D eigenvalue weighted by atomic mass is 16.5. The fourth-order valence-electron chi connectivity index (χ4n) is 3.72. The number of fused-ring (bicyclic) bond motifs is 5. The first-order valence-corrected chi connectivity index (χ1v) is 9.05. The number of para-hydroxylation sites is 3. The summed E-state index contributed by atoms with van der Waals surface area (Å²) in [6, 6.07) is 21.8. The van der Waals surface area contributed by atoms with Gasteiger partial charge < -0.3 is 15.2 Å². The van der Waals surface area contributed by atoms with E-state index in [4.69, 9.17) is 9.72 Å². The number of hydrogen-bond acceptors (Lipinski definition) is 4. The predicted molar refractivity (Wildman–Crippen MR) is 106 cm³/mol. The molecule has 0 radical (unpaired) electrons. The molecule has 0 fully saturated rings. The maximum atomic E-state index is 10.1. The monoisotopic (exact) mass is 357 g/mol. The van der Waals surface area contributed by atoms with Crippen molar-refractivity contribution in [3.63, 3.8) is 0 Å². The van der Waals surface area contributed by atoms with Crippen LogP contribution >= 0.6 is 0 Å². The standard InChI is InChI=1S/C22H19N3O2/c1-2-27-20-13-14(11-12-19(20)26)21-23-16-8-4-3-7-15(16)22-24-17-9-5-6-10-18(17)25(21)22/h3-13,21,23,26H,2H2,1H3/t21-/m0/s1. The van der Waals surface area contributed by atoms with Gasteiger partial charge in [-0.1, -0.05) is 30.3 Å². The summed E-state index contributed by atoms with van der Waals surface area (Å²) < 4.78 is 7.80. The number of hydrogen-bond donors (Lipinski definition) is 2. The Morgan fingerprint density at radius 3 is 2.78 bits per heavy atom. The van der Waals surface area contributed by atoms with Crippen molar-refractivity contribution >= 4 is 16.7 Å². The molecule has 1 atom stereocenters. The Morgan fingerprint density at radius 2 is 1.89 bits per heavy atom. The number of aromatic nitrogens is 2. The van der Waals surface area contributed by atoms with E-state index in [0.717, 1.165) is 33.7 Å². The van der Waals surface area contributed by atoms with Crippen LogP contribution < -0.4 is 10.1 Å². The van der Waals surface area contributed by atoms with Crippen LogP contribution in [-0.2, 0) is 0 Å². The molecule has 3 aromatic carbocycles. The number of nitrogens with zero attached hydrogens (tertiary/aromatic N) is 2. The quantitative estimate of drug-likeness (QED) is 0.554. The average Bonchev–Trinajstić information content (AvgIpc) is 3.09. The van der Waals surface area contributed by atoms with E-state index in [1.165, 1.54) is 0 Å². The third-order valence-corrected chi connectivity index (χ3v) is 4.91. The summed E-state index contributed by atoms with van der Waals surface area (Å²) in [7, 11) is 0. The molecule has 2 N–H and O–H groups in total. The van der Waals surface area contributed by atoms with Gasteiger partial charge in [0.05, 0.1) is 17.6 Å². The molecule has 5 nitrogen and oxygen atoms in total. The Morgan fingerprint density at radius 1 is 1.07 bits per heavy atom. The Kier molecular flexibility index (Phi) is 3.53. The van der Waals surface area contributed by atoms with Gasteiger partial charge in [0, 0.05) is 11.3 Å². The Bertz CT molecular complexity index is 1150. The highest BCUT2D eigenvalue weighted by Crippen LogP contribution is 2.41. The van der Waals surface area contributed by atoms with Gasteiger partial charge in [-0.05, 0) is 48.9 Å². The smallest absolute Gasteiger partial charge is 0.161 e. The minimum Gasteiger partial charge on any atom is -0.504 e. The van der Waals surface area contributed by atoms with Crippen molar-refractivity contribution in [3.05, 3.63) is 72.3 Å². The van der Waals surface area contributed by atoms with Crippen molar-refractivity contribution in [2.75, 3.05) is 11.9 Å². The number of rotatable bonds is 3. The molecule has 0 saturated heterocycles. The molecule has 5 heteroatoms. The number of imidazole rings is 1. The molecule has 2 heterocycles. The zero-order chi connectivity index (χ0) is 18.4. The van der Waals surface area contributed by atoms with Crippen LogP contribution in [0.25, 0.3) is 22.4 Å². The average molecular weight is 357 g/mol. The Balaban J connectivity index is 1.75. The number of nitrogens with one attached hydrogen (secondary N) is 1. The molecule has 134 valence electrons. The van der Waals surface area contributed by atoms with Gasteiger partial charge in [-0.2, -0.15) is 0 Å². The summed E-state index contributed by atoms with van der Waals surface area (Å²) >= 11 is 0. The third-order valence-electron chi connectivity index (χ3n) is 4.91. The second-order valence-electron chi connectivity index (χ2n) is 6.55. The molecule has 0 saturated carbocycles. The fraction of sp³-hybridized carbons (Fsp3) is 0.136. The van der Waals surface area contributed by atoms with Crippen LogP contribution in [-0.4, -0.2) is 21.3 Å². The van der Waals surface area contributed by atoms with Crippen molar-refractivity contribution in [3.8, 4) is 22.9 Å². The van der Waals surface area contributed by atoms with E-state index < -0.39 is 0 Å². The molecule has 0 amide bonds. The molecule has 1 aliphatic rings. The number of phenols is 1. The largest absolute Gasteiger partial charge is 0.504 e. The molecule has 4 aromatic rings. The van der Waals surface area contributed by atoms with E-state index >= 15 is 0 Å². The molecule has 0 unspecified atom stereocenters. The first-order valence-electron chi connectivity index (χ1n) is 9.05. The lowest BCUT2D eigenvalue weighted by Gasteiger charge is -2.30. The SMILES string of the molecule is CCOc1cc([C@H]2Nc3ccccc3-c3nc4ccccc4n32)ccc1O. The first kappa shape index (κ1) is 15.8. The lowest BCUT2D eigenvalue weighted by molar-refractivity contribution is 0.317. The van der Waals surface area contributed by atoms with E-state index in [2.05, 4.69) is 28.1 Å². The summed E-state index contributed by atoms with van der Waals surface area (Å²) in [5.41, 5.74) is 5.13. The number of benzene rings is 3. The van der Waals surface area contributed by atoms with Gasteiger partial charge in [-0.25, -0.2) is 4.98 Å². The molecule has 0 bridgehead atoms. The van der Waals surface area contributed by atoms with Crippen LogP contribution in [0.1, 0.15) is 18.7 Å². The van der Waals surface area contributed by atoms with Crippen molar-refractivity contribution in [2.24, 2.45) is 0 Å². The van der Waals surface area contributed by atoms with Gasteiger partial charge >= 0.3 is 0 Å². The Hall–Kier alpha value is -3.47. The molecule has 1 aliphatic heterocycles. The van der Waals surface area contributed by atoms with Crippen molar-refractivity contribution in [1.29, 1.82) is 0 Å². The first-order chi connectivity index (χ1) is 13.3. The van der Waals surface area contributed by atoms with Crippen LogP contribution in [0, 0.1) is 0 Å². The summed E-state index contributed by atoms with van der Waals surface area (Å²) in [5, 5.41) is 13.7. The molecule has 0 spiro atoms. The maximum Gasteiger partial charge on any atom is 0.161 e. The van der Waals surface area contributed by atoms with E-state index in [0.29, 0.717) is 12.4 Å². The van der Waals surface area contributed by atoms with E-state index in [9.17, 15) is 5.11 Å². The minimum absolute atomic E-state index is 0.146. The summed E-state index contributed by atoms with van der Waals surface area (Å²) in [6.07, 6.45) is -0.151. The van der Waals surface area contributed by atoms with Gasteiger partial charge in [0.2, 0.25) is 0 Å². The molecule has 1 aromatic heterocycles. The van der Waals surface area contributed by atoms with Crippen molar-refractivity contribution < 1.29 is 9.84 Å². The van der Waals surface area contributed by atoms with E-state index in [1.54, 1.807) is 6.07 Å². The molecule has 0 aliphatic carbocycles. The highest BCUT2D eigenvalue weighted by Gasteiger charge is 2.28. The van der Waals surface area contributed by atoms with E-state index in [1.807, 2.05) is 49.4 Å². The van der Waals surface area contributed by atoms with Crippen LogP contribution in [0.5, 0.6) is 11.5 Å². The third kappa shape index (κ3) is 2.43. The second kappa shape index (κ2) is 6.06. The maximum absolute atomic E-state index is 10.1. The van der Waals surface area contributed by atoms with Crippen LogP contribution in [0.4, 0.5) is 5.69 Å². The minimum atomic E-state index is -0.151. The lowest BCUT2D eigenvalue weighted by atomic mass is 10.1. The topological polar surface area (TPSA) is 59.3 Å². The van der Waals surface area contributed by atoms with Gasteiger partial charge in [-0.15, -0.1) is 0 Å². The van der Waals surface area contributed by atoms with Crippen LogP contribution in [0.2, 0.25) is 0 Å². The van der Waals surface area contributed by atoms with Crippen LogP contribution in [0.15, 0.2) is 66.7 Å².